The molecule has 0 saturated heterocycles. The summed E-state index contributed by atoms with van der Waals surface area (Å²) in [6.07, 6.45) is -0.0594. The number of hydrogen-bond acceptors (Lipinski definition) is 9. The Balaban J connectivity index is 0. The largest absolute Gasteiger partial charge is 0.481 e. The second-order valence-corrected chi connectivity index (χ2v) is 6.15. The SMILES string of the molecule is Cl.[N-]=[N+]=NCCOCCN(CCOCCOCCC(=O)O)CCOCCOCCC(=O)O. The Morgan fingerprint density at radius 1 is 0.688 bits per heavy atom. The first-order valence-electron chi connectivity index (χ1n) is 10.1. The van der Waals surface area contributed by atoms with Crippen molar-refractivity contribution in [2.75, 3.05) is 92.2 Å². The predicted molar refractivity (Wildman–Crippen MR) is 116 cm³/mol. The second kappa shape index (κ2) is 25.6. The lowest BCUT2D eigenvalue weighted by Gasteiger charge is -2.22. The average molecular weight is 487 g/mol. The molecule has 0 spiro atoms. The van der Waals surface area contributed by atoms with Gasteiger partial charge in [-0.1, -0.05) is 5.11 Å². The van der Waals surface area contributed by atoms with Crippen molar-refractivity contribution in [3.63, 3.8) is 0 Å². The van der Waals surface area contributed by atoms with E-state index in [9.17, 15) is 9.59 Å². The van der Waals surface area contributed by atoms with Gasteiger partial charge in [-0.05, 0) is 5.53 Å². The molecule has 0 bridgehead atoms. The second-order valence-electron chi connectivity index (χ2n) is 6.15. The molecule has 0 fully saturated rings. The number of aliphatic carboxylic acids is 2. The lowest BCUT2D eigenvalue weighted by molar-refractivity contribution is -0.139. The molecule has 0 aromatic heterocycles. The molecule has 0 aromatic rings. The predicted octanol–water partition coefficient (Wildman–Crippen LogP) is 1.05. The summed E-state index contributed by atoms with van der Waals surface area (Å²) >= 11 is 0. The number of nitrogens with zero attached hydrogens (tertiary/aromatic N) is 4. The van der Waals surface area contributed by atoms with Crippen LogP contribution >= 0.6 is 12.4 Å². The van der Waals surface area contributed by atoms with Crippen LogP contribution in [0.5, 0.6) is 0 Å². The Morgan fingerprint density at radius 3 is 1.44 bits per heavy atom. The van der Waals surface area contributed by atoms with E-state index in [0.29, 0.717) is 72.5 Å². The molecule has 0 amide bonds. The van der Waals surface area contributed by atoms with Crippen molar-refractivity contribution in [1.82, 2.24) is 4.90 Å². The topological polar surface area (TPSA) is 173 Å². The molecule has 0 aromatic carbocycles. The van der Waals surface area contributed by atoms with Gasteiger partial charge >= 0.3 is 11.9 Å². The molecule has 13 nitrogen and oxygen atoms in total. The fourth-order valence-corrected chi connectivity index (χ4v) is 2.13. The Kier molecular flexibility index (Phi) is 25.9. The van der Waals surface area contributed by atoms with Gasteiger partial charge in [0.25, 0.3) is 0 Å². The van der Waals surface area contributed by atoms with E-state index in [4.69, 9.17) is 39.4 Å². The summed E-state index contributed by atoms with van der Waals surface area (Å²) in [7, 11) is 0. The van der Waals surface area contributed by atoms with E-state index < -0.39 is 11.9 Å². The highest BCUT2D eigenvalue weighted by atomic mass is 35.5. The minimum atomic E-state index is -0.896. The van der Waals surface area contributed by atoms with Crippen molar-refractivity contribution in [3.05, 3.63) is 10.4 Å². The van der Waals surface area contributed by atoms with Gasteiger partial charge in [0.05, 0.1) is 78.9 Å². The molecule has 0 heterocycles. The van der Waals surface area contributed by atoms with Gasteiger partial charge in [-0.15, -0.1) is 12.4 Å². The highest BCUT2D eigenvalue weighted by Gasteiger charge is 2.06. The van der Waals surface area contributed by atoms with Crippen LogP contribution in [0.3, 0.4) is 0 Å². The molecule has 0 aliphatic rings. The zero-order chi connectivity index (χ0) is 23.0. The van der Waals surface area contributed by atoms with Crippen molar-refractivity contribution >= 4 is 24.3 Å². The minimum Gasteiger partial charge on any atom is -0.481 e. The highest BCUT2D eigenvalue weighted by molar-refractivity contribution is 5.85. The summed E-state index contributed by atoms with van der Waals surface area (Å²) in [6.45, 7) is 5.73. The monoisotopic (exact) mass is 486 g/mol. The van der Waals surface area contributed by atoms with Crippen LogP contribution in [0.1, 0.15) is 12.8 Å². The Bertz CT molecular complexity index is 481. The average Bonchev–Trinajstić information content (AvgIpc) is 2.73. The molecule has 32 heavy (non-hydrogen) atoms. The summed E-state index contributed by atoms with van der Waals surface area (Å²) in [4.78, 5) is 25.5. The third-order valence-corrected chi connectivity index (χ3v) is 3.72. The lowest BCUT2D eigenvalue weighted by atomic mass is 10.4. The molecule has 0 atom stereocenters. The molecule has 188 valence electrons. The van der Waals surface area contributed by atoms with Crippen molar-refractivity contribution in [1.29, 1.82) is 0 Å². The van der Waals surface area contributed by atoms with Gasteiger partial charge in [0.2, 0.25) is 0 Å². The van der Waals surface area contributed by atoms with E-state index in [0.717, 1.165) is 0 Å². The van der Waals surface area contributed by atoms with Gasteiger partial charge < -0.3 is 33.9 Å². The Morgan fingerprint density at radius 2 is 1.06 bits per heavy atom. The molecule has 0 saturated carbocycles. The van der Waals surface area contributed by atoms with E-state index in [-0.39, 0.29) is 45.0 Å². The van der Waals surface area contributed by atoms with Crippen molar-refractivity contribution < 1.29 is 43.5 Å². The fraction of sp³-hybridized carbons (Fsp3) is 0.889. The van der Waals surface area contributed by atoms with Crippen molar-refractivity contribution in [3.8, 4) is 0 Å². The summed E-state index contributed by atoms with van der Waals surface area (Å²) < 4.78 is 26.7. The van der Waals surface area contributed by atoms with E-state index in [1.807, 2.05) is 0 Å². The fourth-order valence-electron chi connectivity index (χ4n) is 2.13. The van der Waals surface area contributed by atoms with Crippen LogP contribution in [0.2, 0.25) is 0 Å². The normalized spacial score (nSPS) is 10.5. The van der Waals surface area contributed by atoms with Gasteiger partial charge in [0, 0.05) is 31.1 Å². The van der Waals surface area contributed by atoms with Crippen LogP contribution < -0.4 is 0 Å². The van der Waals surface area contributed by atoms with Crippen LogP contribution in [0.4, 0.5) is 0 Å². The maximum Gasteiger partial charge on any atom is 0.305 e. The molecule has 0 radical (unpaired) electrons. The number of carbonyl (C=O) groups is 2. The van der Waals surface area contributed by atoms with E-state index in [1.165, 1.54) is 0 Å². The lowest BCUT2D eigenvalue weighted by Crippen LogP contribution is -2.34. The number of ether oxygens (including phenoxy) is 5. The standard InChI is InChI=1S/C18H34N4O9.ClH/c19-21-20-3-9-29-10-4-22(5-11-30-15-13-27-7-1-17(23)24)6-12-31-16-14-28-8-2-18(25)26;/h1-16H2,(H,23,24)(H,25,26);1H. The molecular formula is C18H35ClN4O9. The molecule has 0 aliphatic heterocycles. The van der Waals surface area contributed by atoms with E-state index in [1.54, 1.807) is 0 Å². The van der Waals surface area contributed by atoms with Crippen molar-refractivity contribution in [2.45, 2.75) is 12.8 Å². The van der Waals surface area contributed by atoms with Gasteiger partial charge in [-0.25, -0.2) is 0 Å². The zero-order valence-corrected chi connectivity index (χ0v) is 19.1. The van der Waals surface area contributed by atoms with Crippen LogP contribution in [0.15, 0.2) is 5.11 Å². The number of azide groups is 1. The third-order valence-electron chi connectivity index (χ3n) is 3.72. The minimum absolute atomic E-state index is 0. The third kappa shape index (κ3) is 26.3. The maximum atomic E-state index is 10.4. The summed E-state index contributed by atoms with van der Waals surface area (Å²) in [5.74, 6) is -1.79. The molecule has 0 rings (SSSR count). The smallest absolute Gasteiger partial charge is 0.305 e. The first kappa shape index (κ1) is 32.5. The quantitative estimate of drug-likeness (QED) is 0.0868. The Hall–Kier alpha value is -1.70. The van der Waals surface area contributed by atoms with Crippen LogP contribution in [-0.2, 0) is 33.3 Å². The van der Waals surface area contributed by atoms with Gasteiger partial charge in [0.1, 0.15) is 0 Å². The summed E-state index contributed by atoms with van der Waals surface area (Å²) in [5.41, 5.74) is 8.23. The van der Waals surface area contributed by atoms with E-state index in [2.05, 4.69) is 14.9 Å². The van der Waals surface area contributed by atoms with Gasteiger partial charge in [0.15, 0.2) is 0 Å². The first-order chi connectivity index (χ1) is 15.1. The van der Waals surface area contributed by atoms with E-state index >= 15 is 0 Å². The summed E-state index contributed by atoms with van der Waals surface area (Å²) in [6, 6.07) is 0. The number of rotatable bonds is 24. The summed E-state index contributed by atoms with van der Waals surface area (Å²) in [5, 5.41) is 20.4. The van der Waals surface area contributed by atoms with Crippen LogP contribution in [-0.4, -0.2) is 119 Å². The number of carboxylic acid groups (broad SMARTS) is 2. The van der Waals surface area contributed by atoms with Gasteiger partial charge in [-0.2, -0.15) is 0 Å². The zero-order valence-electron chi connectivity index (χ0n) is 18.3. The first-order valence-corrected chi connectivity index (χ1v) is 10.1. The Labute approximate surface area is 193 Å². The molecule has 0 unspecified atom stereocenters. The van der Waals surface area contributed by atoms with Gasteiger partial charge in [-0.3, -0.25) is 14.5 Å². The molecule has 0 aliphatic carbocycles. The number of hydrogen-bond donors (Lipinski definition) is 2. The maximum absolute atomic E-state index is 10.4. The highest BCUT2D eigenvalue weighted by Crippen LogP contribution is 1.93. The molecule has 2 N–H and O–H groups in total. The van der Waals surface area contributed by atoms with Crippen LogP contribution in [0, 0.1) is 0 Å². The molecular weight excluding hydrogens is 452 g/mol. The van der Waals surface area contributed by atoms with Crippen LogP contribution in [0.25, 0.3) is 10.4 Å². The number of halogens is 1. The van der Waals surface area contributed by atoms with Crippen molar-refractivity contribution in [2.24, 2.45) is 5.11 Å². The number of carboxylic acids is 2. The molecule has 14 heteroatoms.